The van der Waals surface area contributed by atoms with Crippen LogP contribution in [-0.4, -0.2) is 15.1 Å². The maximum atomic E-state index is 13.2. The summed E-state index contributed by atoms with van der Waals surface area (Å²) in [5, 5.41) is 9.60. The number of halogens is 1. The van der Waals surface area contributed by atoms with Crippen LogP contribution in [-0.2, 0) is 0 Å². The first-order valence-corrected chi connectivity index (χ1v) is 6.29. The highest BCUT2D eigenvalue weighted by atomic mass is 19.1. The zero-order valence-corrected chi connectivity index (χ0v) is 11.2. The van der Waals surface area contributed by atoms with Crippen LogP contribution in [0.2, 0.25) is 0 Å². The normalized spacial score (nSPS) is 10.4. The Labute approximate surface area is 120 Å². The van der Waals surface area contributed by atoms with Crippen molar-refractivity contribution in [2.75, 3.05) is 5.73 Å². The number of aliphatic hydroxyl groups excluding tert-OH is 1. The maximum Gasteiger partial charge on any atom is 0.146 e. The highest BCUT2D eigenvalue weighted by Crippen LogP contribution is 2.27. The fourth-order valence-electron chi connectivity index (χ4n) is 2.26. The smallest absolute Gasteiger partial charge is 0.146 e. The first-order chi connectivity index (χ1) is 10.1. The van der Waals surface area contributed by atoms with Gasteiger partial charge in [-0.15, -0.1) is 0 Å². The summed E-state index contributed by atoms with van der Waals surface area (Å²) in [6, 6.07) is 6.50. The van der Waals surface area contributed by atoms with Crippen LogP contribution in [0.5, 0.6) is 0 Å². The van der Waals surface area contributed by atoms with Gasteiger partial charge in [0, 0.05) is 17.1 Å². The quantitative estimate of drug-likeness (QED) is 0.474. The van der Waals surface area contributed by atoms with Gasteiger partial charge in [0.15, 0.2) is 0 Å². The standard InChI is InChI=1S/C16H12FN3O/c1-9-12-6-11(10-2-3-13(17)14(18)7-10)8-19-16(12)20-15(9)4-5-21/h2-3,6-8,21H,18H2,1H3,(H,19,20). The van der Waals surface area contributed by atoms with Crippen molar-refractivity contribution in [3.8, 4) is 23.2 Å². The predicted octanol–water partition coefficient (Wildman–Crippen LogP) is 2.94. The van der Waals surface area contributed by atoms with Crippen molar-refractivity contribution in [2.45, 2.75) is 6.92 Å². The minimum Gasteiger partial charge on any atom is -0.462 e. The largest absolute Gasteiger partial charge is 0.462 e. The number of anilines is 1. The van der Waals surface area contributed by atoms with E-state index in [4.69, 9.17) is 10.8 Å². The Morgan fingerprint density at radius 1 is 1.29 bits per heavy atom. The predicted molar refractivity (Wildman–Crippen MR) is 79.5 cm³/mol. The summed E-state index contributed by atoms with van der Waals surface area (Å²) in [6.07, 6.45) is 3.56. The molecule has 4 N–H and O–H groups in total. The van der Waals surface area contributed by atoms with Gasteiger partial charge >= 0.3 is 0 Å². The maximum absolute atomic E-state index is 13.2. The molecule has 3 aromatic rings. The molecule has 0 saturated carbocycles. The van der Waals surface area contributed by atoms with Gasteiger partial charge in [-0.1, -0.05) is 6.07 Å². The second-order valence-corrected chi connectivity index (χ2v) is 4.72. The van der Waals surface area contributed by atoms with Crippen molar-refractivity contribution in [2.24, 2.45) is 0 Å². The third-order valence-corrected chi connectivity index (χ3v) is 3.42. The molecule has 1 aromatic carbocycles. The van der Waals surface area contributed by atoms with Crippen molar-refractivity contribution in [3.05, 3.63) is 47.5 Å². The Bertz CT molecular complexity index is 903. The van der Waals surface area contributed by atoms with Crippen LogP contribution in [0.3, 0.4) is 0 Å². The van der Waals surface area contributed by atoms with Gasteiger partial charge in [-0.2, -0.15) is 0 Å². The molecule has 0 atom stereocenters. The fourth-order valence-corrected chi connectivity index (χ4v) is 2.26. The summed E-state index contributed by atoms with van der Waals surface area (Å²) in [4.78, 5) is 7.37. The summed E-state index contributed by atoms with van der Waals surface area (Å²) >= 11 is 0. The number of H-pyrrole nitrogens is 1. The SMILES string of the molecule is Cc1c(C#CO)[nH]c2ncc(-c3ccc(F)c(N)c3)cc12. The topological polar surface area (TPSA) is 74.9 Å². The number of aromatic nitrogens is 2. The molecular weight excluding hydrogens is 269 g/mol. The molecule has 0 unspecified atom stereocenters. The summed E-state index contributed by atoms with van der Waals surface area (Å²) in [6.45, 7) is 1.89. The molecule has 5 heteroatoms. The molecule has 2 heterocycles. The van der Waals surface area contributed by atoms with Crippen LogP contribution in [0.4, 0.5) is 10.1 Å². The summed E-state index contributed by atoms with van der Waals surface area (Å²) in [5.74, 6) is 2.14. The van der Waals surface area contributed by atoms with E-state index in [0.29, 0.717) is 11.3 Å². The number of benzene rings is 1. The van der Waals surface area contributed by atoms with Gasteiger partial charge in [-0.25, -0.2) is 9.37 Å². The van der Waals surface area contributed by atoms with Crippen LogP contribution < -0.4 is 5.73 Å². The third-order valence-electron chi connectivity index (χ3n) is 3.42. The van der Waals surface area contributed by atoms with Crippen LogP contribution in [0.1, 0.15) is 11.3 Å². The highest BCUT2D eigenvalue weighted by Gasteiger charge is 2.09. The average Bonchev–Trinajstić information content (AvgIpc) is 2.79. The molecule has 2 aromatic heterocycles. The Balaban J connectivity index is 2.17. The molecule has 21 heavy (non-hydrogen) atoms. The van der Waals surface area contributed by atoms with Gasteiger partial charge in [0.2, 0.25) is 0 Å². The molecule has 0 amide bonds. The minimum atomic E-state index is -0.439. The molecule has 104 valence electrons. The molecular formula is C16H12FN3O. The lowest BCUT2D eigenvalue weighted by Gasteiger charge is -2.04. The second kappa shape index (κ2) is 4.84. The minimum absolute atomic E-state index is 0.102. The van der Waals surface area contributed by atoms with E-state index in [1.165, 1.54) is 6.07 Å². The van der Waals surface area contributed by atoms with Gasteiger partial charge < -0.3 is 15.8 Å². The lowest BCUT2D eigenvalue weighted by molar-refractivity contribution is 0.517. The van der Waals surface area contributed by atoms with E-state index in [1.807, 2.05) is 19.1 Å². The fraction of sp³-hybridized carbons (Fsp3) is 0.0625. The Morgan fingerprint density at radius 3 is 2.81 bits per heavy atom. The van der Waals surface area contributed by atoms with Crippen molar-refractivity contribution < 1.29 is 9.50 Å². The zero-order valence-electron chi connectivity index (χ0n) is 11.2. The highest BCUT2D eigenvalue weighted by molar-refractivity contribution is 5.86. The molecule has 0 aliphatic rings. The summed E-state index contributed by atoms with van der Waals surface area (Å²) in [7, 11) is 0. The van der Waals surface area contributed by atoms with Gasteiger partial charge in [0.1, 0.15) is 17.6 Å². The molecule has 0 aliphatic heterocycles. The number of fused-ring (bicyclic) bond motifs is 1. The van der Waals surface area contributed by atoms with E-state index in [2.05, 4.69) is 15.9 Å². The number of pyridine rings is 1. The number of aromatic amines is 1. The van der Waals surface area contributed by atoms with E-state index < -0.39 is 5.82 Å². The first kappa shape index (κ1) is 13.0. The number of nitrogen functional groups attached to an aromatic ring is 1. The zero-order chi connectivity index (χ0) is 15.0. The molecule has 0 spiro atoms. The number of hydrogen-bond donors (Lipinski definition) is 3. The van der Waals surface area contributed by atoms with Crippen molar-refractivity contribution in [3.63, 3.8) is 0 Å². The van der Waals surface area contributed by atoms with E-state index in [9.17, 15) is 4.39 Å². The molecule has 0 radical (unpaired) electrons. The number of aliphatic hydroxyl groups is 1. The molecule has 0 fully saturated rings. The molecule has 4 nitrogen and oxygen atoms in total. The Hall–Kier alpha value is -3.00. The summed E-state index contributed by atoms with van der Waals surface area (Å²) in [5.41, 5.74) is 9.53. The van der Waals surface area contributed by atoms with E-state index >= 15 is 0 Å². The number of nitrogens with zero attached hydrogens (tertiary/aromatic N) is 1. The van der Waals surface area contributed by atoms with E-state index in [0.717, 1.165) is 22.1 Å². The average molecular weight is 281 g/mol. The number of nitrogens with one attached hydrogen (secondary N) is 1. The molecule has 3 rings (SSSR count). The van der Waals surface area contributed by atoms with E-state index in [-0.39, 0.29) is 5.69 Å². The number of aryl methyl sites for hydroxylation is 1. The Kier molecular flexibility index (Phi) is 2.99. The van der Waals surface area contributed by atoms with Crippen molar-refractivity contribution in [1.29, 1.82) is 0 Å². The van der Waals surface area contributed by atoms with Crippen LogP contribution in [0.25, 0.3) is 22.2 Å². The Morgan fingerprint density at radius 2 is 2.10 bits per heavy atom. The van der Waals surface area contributed by atoms with Crippen molar-refractivity contribution in [1.82, 2.24) is 9.97 Å². The van der Waals surface area contributed by atoms with Crippen molar-refractivity contribution >= 4 is 16.7 Å². The van der Waals surface area contributed by atoms with Crippen LogP contribution in [0.15, 0.2) is 30.5 Å². The van der Waals surface area contributed by atoms with Gasteiger partial charge in [0.05, 0.1) is 11.4 Å². The van der Waals surface area contributed by atoms with Gasteiger partial charge in [-0.05, 0) is 42.2 Å². The third kappa shape index (κ3) is 2.17. The first-order valence-electron chi connectivity index (χ1n) is 6.29. The number of nitrogens with two attached hydrogens (primary N) is 1. The lowest BCUT2D eigenvalue weighted by Crippen LogP contribution is -1.91. The second-order valence-electron chi connectivity index (χ2n) is 4.72. The van der Waals surface area contributed by atoms with E-state index in [1.54, 1.807) is 18.3 Å². The summed E-state index contributed by atoms with van der Waals surface area (Å²) < 4.78 is 13.2. The molecule has 0 bridgehead atoms. The molecule has 0 aliphatic carbocycles. The monoisotopic (exact) mass is 281 g/mol. The van der Waals surface area contributed by atoms with Crippen LogP contribution >= 0.6 is 0 Å². The number of hydrogen-bond acceptors (Lipinski definition) is 3. The van der Waals surface area contributed by atoms with Gasteiger partial charge in [-0.3, -0.25) is 0 Å². The van der Waals surface area contributed by atoms with Crippen LogP contribution in [0, 0.1) is 24.8 Å². The molecule has 0 saturated heterocycles. The number of rotatable bonds is 1. The lowest BCUT2D eigenvalue weighted by atomic mass is 10.0. The van der Waals surface area contributed by atoms with Gasteiger partial charge in [0.25, 0.3) is 0 Å².